The van der Waals surface area contributed by atoms with E-state index >= 15 is 0 Å². The Morgan fingerprint density at radius 3 is 2.75 bits per heavy atom. The van der Waals surface area contributed by atoms with E-state index in [1.54, 1.807) is 37.3 Å². The third kappa shape index (κ3) is 2.93. The van der Waals surface area contributed by atoms with Gasteiger partial charge in [0.2, 0.25) is 0 Å². The Morgan fingerprint density at radius 1 is 1.25 bits per heavy atom. The van der Waals surface area contributed by atoms with Gasteiger partial charge in [0, 0.05) is 29.6 Å². The molecule has 6 nitrogen and oxygen atoms in total. The van der Waals surface area contributed by atoms with Gasteiger partial charge in [-0.15, -0.1) is 11.3 Å². The lowest BCUT2D eigenvalue weighted by Gasteiger charge is -2.31. The minimum absolute atomic E-state index is 0.164. The van der Waals surface area contributed by atoms with Crippen LogP contribution >= 0.6 is 11.3 Å². The molecule has 0 fully saturated rings. The van der Waals surface area contributed by atoms with Crippen molar-refractivity contribution in [3.05, 3.63) is 47.5 Å². The lowest BCUT2D eigenvalue weighted by atomic mass is 10.0. The second-order valence-electron chi connectivity index (χ2n) is 6.89. The van der Waals surface area contributed by atoms with Crippen molar-refractivity contribution >= 4 is 48.5 Å². The van der Waals surface area contributed by atoms with Crippen LogP contribution in [0.3, 0.4) is 0 Å². The monoisotopic (exact) mass is 415 g/mol. The lowest BCUT2D eigenvalue weighted by Crippen LogP contribution is -2.25. The van der Waals surface area contributed by atoms with Gasteiger partial charge in [-0.05, 0) is 44.2 Å². The third-order valence-electron chi connectivity index (χ3n) is 4.93. The van der Waals surface area contributed by atoms with Gasteiger partial charge < -0.3 is 15.4 Å². The first-order valence-corrected chi connectivity index (χ1v) is 11.3. The molecule has 0 saturated heterocycles. The number of nitrogens with two attached hydrogens (primary N) is 1. The summed E-state index contributed by atoms with van der Waals surface area (Å²) in [4.78, 5) is 6.64. The van der Waals surface area contributed by atoms with Crippen LogP contribution in [0.4, 0.5) is 11.4 Å². The molecule has 1 aliphatic heterocycles. The molecule has 0 saturated carbocycles. The molecule has 0 bridgehead atoms. The van der Waals surface area contributed by atoms with Gasteiger partial charge in [-0.3, -0.25) is 0 Å². The zero-order chi connectivity index (χ0) is 20.1. The molecule has 0 spiro atoms. The van der Waals surface area contributed by atoms with Crippen molar-refractivity contribution in [2.45, 2.75) is 24.0 Å². The van der Waals surface area contributed by atoms with Crippen LogP contribution in [-0.2, 0) is 9.84 Å². The van der Waals surface area contributed by atoms with Gasteiger partial charge in [0.05, 0.1) is 33.8 Å². The van der Waals surface area contributed by atoms with Crippen LogP contribution < -0.4 is 15.4 Å². The lowest BCUT2D eigenvalue weighted by molar-refractivity contribution is 0.402. The number of aromatic nitrogens is 1. The highest BCUT2D eigenvalue weighted by molar-refractivity contribution is 7.92. The molecule has 4 rings (SSSR count). The molecule has 0 amide bonds. The predicted octanol–water partition coefficient (Wildman–Crippen LogP) is 3.94. The van der Waals surface area contributed by atoms with Crippen molar-refractivity contribution in [3.8, 4) is 5.75 Å². The highest BCUT2D eigenvalue weighted by atomic mass is 32.2. The Morgan fingerprint density at radius 2 is 2.04 bits per heavy atom. The zero-order valence-corrected chi connectivity index (χ0v) is 17.5. The SMILES string of the molecule is COc1cc2c(cc1S(=O)(=O)C(C)C)C(N)=CCN2c1ccc2scnc2c1. The standard InChI is InChI=1S/C20H21N3O3S2/c1-12(2)28(24,25)20-9-14-15(21)6-7-23(17(14)10-18(20)26-3)13-4-5-19-16(8-13)22-11-27-19/h4-6,8-12H,7,21H2,1-3H3. The van der Waals surface area contributed by atoms with Gasteiger partial charge in [-0.1, -0.05) is 0 Å². The maximum absolute atomic E-state index is 12.8. The topological polar surface area (TPSA) is 85.5 Å². The molecule has 2 aromatic carbocycles. The smallest absolute Gasteiger partial charge is 0.184 e. The summed E-state index contributed by atoms with van der Waals surface area (Å²) in [6, 6.07) is 9.48. The number of benzene rings is 2. The van der Waals surface area contributed by atoms with E-state index in [-0.39, 0.29) is 4.90 Å². The number of ether oxygens (including phenoxy) is 1. The molecule has 0 atom stereocenters. The Kier molecular flexibility index (Phi) is 4.55. The van der Waals surface area contributed by atoms with Gasteiger partial charge in [-0.2, -0.15) is 0 Å². The quantitative estimate of drug-likeness (QED) is 0.695. The molecule has 8 heteroatoms. The van der Waals surface area contributed by atoms with Gasteiger partial charge in [-0.25, -0.2) is 13.4 Å². The summed E-state index contributed by atoms with van der Waals surface area (Å²) in [6.07, 6.45) is 1.89. The molecule has 28 heavy (non-hydrogen) atoms. The fourth-order valence-electron chi connectivity index (χ4n) is 3.30. The van der Waals surface area contributed by atoms with Crippen molar-refractivity contribution in [1.29, 1.82) is 0 Å². The molecule has 2 N–H and O–H groups in total. The number of fused-ring (bicyclic) bond motifs is 2. The second-order valence-corrected chi connectivity index (χ2v) is 10.2. The van der Waals surface area contributed by atoms with Gasteiger partial charge in [0.1, 0.15) is 10.6 Å². The maximum atomic E-state index is 12.8. The number of hydrogen-bond donors (Lipinski definition) is 1. The van der Waals surface area contributed by atoms with E-state index in [2.05, 4.69) is 9.88 Å². The Bertz CT molecular complexity index is 1200. The third-order valence-corrected chi connectivity index (χ3v) is 7.91. The van der Waals surface area contributed by atoms with Crippen LogP contribution in [0.25, 0.3) is 15.9 Å². The first-order chi connectivity index (χ1) is 13.3. The zero-order valence-electron chi connectivity index (χ0n) is 15.8. The number of methoxy groups -OCH3 is 1. The molecule has 2 heterocycles. The summed E-state index contributed by atoms with van der Waals surface area (Å²) in [6.45, 7) is 3.89. The molecule has 0 aliphatic carbocycles. The number of hydrogen-bond acceptors (Lipinski definition) is 7. The van der Waals surface area contributed by atoms with E-state index < -0.39 is 15.1 Å². The minimum Gasteiger partial charge on any atom is -0.495 e. The molecule has 146 valence electrons. The predicted molar refractivity (Wildman–Crippen MR) is 114 cm³/mol. The molecule has 3 aromatic rings. The second kappa shape index (κ2) is 6.79. The van der Waals surface area contributed by atoms with Crippen LogP contribution in [-0.4, -0.2) is 32.3 Å². The fourth-order valence-corrected chi connectivity index (χ4v) is 5.17. The first-order valence-electron chi connectivity index (χ1n) is 8.85. The Balaban J connectivity index is 1.90. The molecule has 0 unspecified atom stereocenters. The van der Waals surface area contributed by atoms with E-state index in [1.165, 1.54) is 7.11 Å². The van der Waals surface area contributed by atoms with E-state index in [0.717, 1.165) is 21.6 Å². The summed E-state index contributed by atoms with van der Waals surface area (Å²) >= 11 is 1.59. The number of sulfone groups is 1. The van der Waals surface area contributed by atoms with E-state index in [1.807, 2.05) is 29.8 Å². The van der Waals surface area contributed by atoms with Gasteiger partial charge in [0.15, 0.2) is 9.84 Å². The van der Waals surface area contributed by atoms with Crippen molar-refractivity contribution in [3.63, 3.8) is 0 Å². The van der Waals surface area contributed by atoms with Gasteiger partial charge in [0.25, 0.3) is 0 Å². The van der Waals surface area contributed by atoms with Crippen LogP contribution in [0, 0.1) is 0 Å². The normalized spacial score (nSPS) is 14.3. The first kappa shape index (κ1) is 18.8. The van der Waals surface area contributed by atoms with Crippen LogP contribution in [0.15, 0.2) is 46.8 Å². The molecule has 1 aliphatic rings. The highest BCUT2D eigenvalue weighted by Gasteiger charge is 2.28. The maximum Gasteiger partial charge on any atom is 0.184 e. The van der Waals surface area contributed by atoms with E-state index in [0.29, 0.717) is 23.6 Å². The number of rotatable bonds is 4. The van der Waals surface area contributed by atoms with Crippen LogP contribution in [0.2, 0.25) is 0 Å². The Hall–Kier alpha value is -2.58. The summed E-state index contributed by atoms with van der Waals surface area (Å²) in [5, 5.41) is -0.559. The summed E-state index contributed by atoms with van der Waals surface area (Å²) in [7, 11) is -2.03. The van der Waals surface area contributed by atoms with E-state index in [4.69, 9.17) is 10.5 Å². The molecular formula is C20H21N3O3S2. The molecular weight excluding hydrogens is 394 g/mol. The van der Waals surface area contributed by atoms with Crippen LogP contribution in [0.1, 0.15) is 19.4 Å². The summed E-state index contributed by atoms with van der Waals surface area (Å²) < 4.78 is 32.2. The summed E-state index contributed by atoms with van der Waals surface area (Å²) in [5.74, 6) is 0.321. The average Bonchev–Trinajstić information content (AvgIpc) is 3.15. The Labute approximate surface area is 168 Å². The van der Waals surface area contributed by atoms with Crippen molar-refractivity contribution in [2.75, 3.05) is 18.6 Å². The average molecular weight is 416 g/mol. The number of thiazole rings is 1. The fraction of sp³-hybridized carbons (Fsp3) is 0.250. The van der Waals surface area contributed by atoms with Gasteiger partial charge >= 0.3 is 0 Å². The summed E-state index contributed by atoms with van der Waals surface area (Å²) in [5.41, 5.74) is 12.0. The molecule has 1 aromatic heterocycles. The minimum atomic E-state index is -3.51. The largest absolute Gasteiger partial charge is 0.495 e. The number of anilines is 2. The van der Waals surface area contributed by atoms with Crippen molar-refractivity contribution < 1.29 is 13.2 Å². The van der Waals surface area contributed by atoms with E-state index in [9.17, 15) is 8.42 Å². The van der Waals surface area contributed by atoms with Crippen molar-refractivity contribution in [1.82, 2.24) is 4.98 Å². The van der Waals surface area contributed by atoms with Crippen molar-refractivity contribution in [2.24, 2.45) is 5.73 Å². The molecule has 0 radical (unpaired) electrons. The van der Waals surface area contributed by atoms with Crippen LogP contribution in [0.5, 0.6) is 5.75 Å². The number of nitrogens with zero attached hydrogens (tertiary/aromatic N) is 2. The highest BCUT2D eigenvalue weighted by Crippen LogP contribution is 2.41.